The molecule has 96 valence electrons. The summed E-state index contributed by atoms with van der Waals surface area (Å²) >= 11 is 0. The highest BCUT2D eigenvalue weighted by Crippen LogP contribution is 2.00. The topological polar surface area (TPSA) is 47.4 Å². The van der Waals surface area contributed by atoms with Crippen molar-refractivity contribution < 1.29 is 9.53 Å². The molecule has 2 heterocycles. The first-order valence-electron chi connectivity index (χ1n) is 6.10. The number of hydrogen-bond acceptors (Lipinski definition) is 3. The number of morpholine rings is 1. The molecular formula is C12H21N3O2. The Labute approximate surface area is 102 Å². The van der Waals surface area contributed by atoms with Crippen molar-refractivity contribution in [3.63, 3.8) is 0 Å². The fourth-order valence-corrected chi connectivity index (χ4v) is 1.60. The van der Waals surface area contributed by atoms with Crippen molar-refractivity contribution in [3.8, 4) is 0 Å². The fourth-order valence-electron chi connectivity index (χ4n) is 1.60. The van der Waals surface area contributed by atoms with Crippen LogP contribution in [0.4, 0.5) is 0 Å². The minimum Gasteiger partial charge on any atom is -0.378 e. The van der Waals surface area contributed by atoms with Gasteiger partial charge in [0.25, 0.3) is 0 Å². The summed E-state index contributed by atoms with van der Waals surface area (Å²) in [4.78, 5) is 13.6. The van der Waals surface area contributed by atoms with Crippen molar-refractivity contribution in [3.05, 3.63) is 18.0 Å². The van der Waals surface area contributed by atoms with Crippen LogP contribution in [-0.4, -0.2) is 46.9 Å². The third-order valence-corrected chi connectivity index (χ3v) is 2.42. The lowest BCUT2D eigenvalue weighted by molar-refractivity contribution is -0.136. The third kappa shape index (κ3) is 4.19. The fraction of sp³-hybridized carbons (Fsp3) is 0.667. The summed E-state index contributed by atoms with van der Waals surface area (Å²) in [6.45, 7) is 8.96. The van der Waals surface area contributed by atoms with Crippen LogP contribution in [-0.2, 0) is 16.1 Å². The molecule has 0 unspecified atom stereocenters. The molecule has 17 heavy (non-hydrogen) atoms. The zero-order valence-corrected chi connectivity index (χ0v) is 10.8. The van der Waals surface area contributed by atoms with Gasteiger partial charge >= 0.3 is 0 Å². The van der Waals surface area contributed by atoms with E-state index in [2.05, 4.69) is 5.10 Å². The van der Waals surface area contributed by atoms with Crippen LogP contribution < -0.4 is 0 Å². The summed E-state index contributed by atoms with van der Waals surface area (Å²) in [7, 11) is 0. The second kappa shape index (κ2) is 7.06. The van der Waals surface area contributed by atoms with E-state index in [1.165, 1.54) is 0 Å². The van der Waals surface area contributed by atoms with Gasteiger partial charge in [-0.05, 0) is 12.5 Å². The predicted molar refractivity (Wildman–Crippen MR) is 65.7 cm³/mol. The number of aromatic nitrogens is 2. The summed E-state index contributed by atoms with van der Waals surface area (Å²) in [6.07, 6.45) is 3.63. The van der Waals surface area contributed by atoms with E-state index in [0.29, 0.717) is 32.8 Å². The van der Waals surface area contributed by atoms with Gasteiger partial charge in [-0.15, -0.1) is 0 Å². The van der Waals surface area contributed by atoms with E-state index in [1.54, 1.807) is 10.9 Å². The van der Waals surface area contributed by atoms with E-state index in [-0.39, 0.29) is 5.91 Å². The van der Waals surface area contributed by atoms with Gasteiger partial charge < -0.3 is 9.64 Å². The zero-order chi connectivity index (χ0) is 12.7. The van der Waals surface area contributed by atoms with Crippen LogP contribution in [0.25, 0.3) is 0 Å². The van der Waals surface area contributed by atoms with Crippen molar-refractivity contribution in [1.82, 2.24) is 14.7 Å². The summed E-state index contributed by atoms with van der Waals surface area (Å²) in [6, 6.07) is 0. The van der Waals surface area contributed by atoms with Gasteiger partial charge in [0, 0.05) is 19.3 Å². The minimum atomic E-state index is 0.112. The molecule has 1 saturated heterocycles. The third-order valence-electron chi connectivity index (χ3n) is 2.42. The van der Waals surface area contributed by atoms with E-state index in [0.717, 1.165) is 5.56 Å². The Morgan fingerprint density at radius 3 is 2.59 bits per heavy atom. The molecule has 1 aliphatic heterocycles. The molecule has 1 amide bonds. The van der Waals surface area contributed by atoms with Crippen molar-refractivity contribution in [2.75, 3.05) is 26.3 Å². The van der Waals surface area contributed by atoms with Crippen LogP contribution >= 0.6 is 0 Å². The van der Waals surface area contributed by atoms with E-state index in [9.17, 15) is 4.79 Å². The molecular weight excluding hydrogens is 218 g/mol. The largest absolute Gasteiger partial charge is 0.378 e. The highest BCUT2D eigenvalue weighted by molar-refractivity contribution is 5.75. The molecule has 0 bridgehead atoms. The maximum atomic E-state index is 11.8. The van der Waals surface area contributed by atoms with E-state index in [4.69, 9.17) is 4.74 Å². The molecule has 5 heteroatoms. The average molecular weight is 239 g/mol. The van der Waals surface area contributed by atoms with Gasteiger partial charge in [-0.3, -0.25) is 9.48 Å². The number of amides is 1. The summed E-state index contributed by atoms with van der Waals surface area (Å²) in [5, 5.41) is 4.09. The van der Waals surface area contributed by atoms with Gasteiger partial charge in [-0.25, -0.2) is 0 Å². The monoisotopic (exact) mass is 239 g/mol. The number of ether oxygens (including phenoxy) is 1. The van der Waals surface area contributed by atoms with Crippen LogP contribution in [0.5, 0.6) is 0 Å². The highest BCUT2D eigenvalue weighted by atomic mass is 16.5. The molecule has 1 aliphatic rings. The van der Waals surface area contributed by atoms with Gasteiger partial charge in [0.2, 0.25) is 5.91 Å². The molecule has 2 rings (SSSR count). The Morgan fingerprint density at radius 2 is 2.06 bits per heavy atom. The molecule has 0 N–H and O–H groups in total. The summed E-state index contributed by atoms with van der Waals surface area (Å²) < 4.78 is 6.86. The summed E-state index contributed by atoms with van der Waals surface area (Å²) in [5.41, 5.74) is 1.07. The normalized spacial score (nSPS) is 15.1. The molecule has 0 saturated carbocycles. The molecule has 1 aromatic rings. The summed E-state index contributed by atoms with van der Waals surface area (Å²) in [5.74, 6) is 0.112. The smallest absolute Gasteiger partial charge is 0.244 e. The maximum Gasteiger partial charge on any atom is 0.244 e. The quantitative estimate of drug-likeness (QED) is 0.776. The molecule has 5 nitrogen and oxygen atoms in total. The second-order valence-corrected chi connectivity index (χ2v) is 3.71. The Bertz CT molecular complexity index is 343. The van der Waals surface area contributed by atoms with Crippen LogP contribution in [0.3, 0.4) is 0 Å². The standard InChI is InChI=1S/C10H15N3O2.C2H6/c1-9-6-11-13(7-9)8-10(14)12-2-4-15-5-3-12;1-2/h6-7H,2-5,8H2,1H3;1-2H3. The van der Waals surface area contributed by atoms with Gasteiger partial charge in [0.05, 0.1) is 19.4 Å². The number of carbonyl (C=O) groups excluding carboxylic acids is 1. The SMILES string of the molecule is CC.Cc1cnn(CC(=O)N2CCOCC2)c1. The lowest BCUT2D eigenvalue weighted by atomic mass is 10.4. The zero-order valence-electron chi connectivity index (χ0n) is 10.8. The lowest BCUT2D eigenvalue weighted by Gasteiger charge is -2.26. The molecule has 0 radical (unpaired) electrons. The van der Waals surface area contributed by atoms with Gasteiger partial charge in [0.1, 0.15) is 6.54 Å². The molecule has 0 aliphatic carbocycles. The van der Waals surface area contributed by atoms with Crippen LogP contribution in [0, 0.1) is 6.92 Å². The van der Waals surface area contributed by atoms with Crippen molar-refractivity contribution in [1.29, 1.82) is 0 Å². The van der Waals surface area contributed by atoms with Crippen molar-refractivity contribution >= 4 is 5.91 Å². The Morgan fingerprint density at radius 1 is 1.41 bits per heavy atom. The van der Waals surface area contributed by atoms with Gasteiger partial charge in [-0.1, -0.05) is 13.8 Å². The number of hydrogen-bond donors (Lipinski definition) is 0. The number of rotatable bonds is 2. The first-order chi connectivity index (χ1) is 8.25. The molecule has 1 fully saturated rings. The van der Waals surface area contributed by atoms with Gasteiger partial charge in [-0.2, -0.15) is 5.10 Å². The molecule has 0 spiro atoms. The Kier molecular flexibility index (Phi) is 5.69. The van der Waals surface area contributed by atoms with Crippen molar-refractivity contribution in [2.24, 2.45) is 0 Å². The Balaban J connectivity index is 0.000000686. The number of carbonyl (C=O) groups is 1. The first-order valence-corrected chi connectivity index (χ1v) is 6.10. The molecule has 1 aromatic heterocycles. The van der Waals surface area contributed by atoms with E-state index < -0.39 is 0 Å². The van der Waals surface area contributed by atoms with E-state index in [1.807, 2.05) is 31.9 Å². The number of nitrogens with zero attached hydrogens (tertiary/aromatic N) is 3. The average Bonchev–Trinajstić information content (AvgIpc) is 2.78. The van der Waals surface area contributed by atoms with Crippen LogP contribution in [0.15, 0.2) is 12.4 Å². The van der Waals surface area contributed by atoms with Crippen LogP contribution in [0.2, 0.25) is 0 Å². The van der Waals surface area contributed by atoms with E-state index >= 15 is 0 Å². The van der Waals surface area contributed by atoms with Crippen molar-refractivity contribution in [2.45, 2.75) is 27.3 Å². The lowest BCUT2D eigenvalue weighted by Crippen LogP contribution is -2.42. The molecule has 0 aromatic carbocycles. The highest BCUT2D eigenvalue weighted by Gasteiger charge is 2.16. The van der Waals surface area contributed by atoms with Crippen LogP contribution in [0.1, 0.15) is 19.4 Å². The predicted octanol–water partition coefficient (Wildman–Crippen LogP) is 1.08. The minimum absolute atomic E-state index is 0.112. The maximum absolute atomic E-state index is 11.8. The van der Waals surface area contributed by atoms with Gasteiger partial charge in [0.15, 0.2) is 0 Å². The Hall–Kier alpha value is -1.36. The molecule has 0 atom stereocenters. The second-order valence-electron chi connectivity index (χ2n) is 3.71. The number of aryl methyl sites for hydroxylation is 1. The first kappa shape index (κ1) is 13.7.